The Labute approximate surface area is 149 Å². The third kappa shape index (κ3) is 3.20. The lowest BCUT2D eigenvalue weighted by Crippen LogP contribution is -2.57. The van der Waals surface area contributed by atoms with Crippen LogP contribution in [0.1, 0.15) is 30.4 Å². The molecule has 4 rings (SSSR count). The molecule has 2 saturated heterocycles. The van der Waals surface area contributed by atoms with Crippen LogP contribution < -0.4 is 5.32 Å². The summed E-state index contributed by atoms with van der Waals surface area (Å²) in [5.74, 6) is 0.0769. The van der Waals surface area contributed by atoms with E-state index in [4.69, 9.17) is 0 Å². The Bertz CT molecular complexity index is 778. The summed E-state index contributed by atoms with van der Waals surface area (Å²) < 4.78 is 27.8. The number of amides is 1. The molecule has 0 spiro atoms. The van der Waals surface area contributed by atoms with Gasteiger partial charge in [-0.3, -0.25) is 4.79 Å². The molecule has 1 atom stereocenters. The highest BCUT2D eigenvalue weighted by molar-refractivity contribution is 7.89. The van der Waals surface area contributed by atoms with Crippen LogP contribution >= 0.6 is 0 Å². The van der Waals surface area contributed by atoms with Crippen LogP contribution in [0.5, 0.6) is 0 Å². The van der Waals surface area contributed by atoms with Crippen molar-refractivity contribution in [2.75, 3.05) is 32.7 Å². The minimum atomic E-state index is -3.49. The molecule has 2 heterocycles. The first-order valence-corrected chi connectivity index (χ1v) is 10.6. The molecule has 1 N–H and O–H groups in total. The van der Waals surface area contributed by atoms with Crippen molar-refractivity contribution < 1.29 is 13.2 Å². The van der Waals surface area contributed by atoms with Crippen LogP contribution in [-0.4, -0.2) is 62.3 Å². The number of hydrogen-bond acceptors (Lipinski definition) is 4. The van der Waals surface area contributed by atoms with Crippen LogP contribution in [0.15, 0.2) is 23.1 Å². The first kappa shape index (κ1) is 17.0. The molecule has 1 aliphatic carbocycles. The number of aryl methyl sites for hydroxylation is 2. The second kappa shape index (κ2) is 6.70. The first-order chi connectivity index (χ1) is 12.1. The van der Waals surface area contributed by atoms with Crippen molar-refractivity contribution in [3.8, 4) is 0 Å². The van der Waals surface area contributed by atoms with Gasteiger partial charge in [-0.2, -0.15) is 4.31 Å². The van der Waals surface area contributed by atoms with E-state index in [0.29, 0.717) is 31.1 Å². The molecule has 7 heteroatoms. The smallest absolute Gasteiger partial charge is 0.243 e. The number of fused-ring (bicyclic) bond motifs is 1. The maximum Gasteiger partial charge on any atom is 0.243 e. The van der Waals surface area contributed by atoms with E-state index in [9.17, 15) is 13.2 Å². The van der Waals surface area contributed by atoms with Crippen molar-refractivity contribution in [3.63, 3.8) is 0 Å². The SMILES string of the molecule is O=C1CNCCN1C1CCCN(S(=O)(=O)c2ccc3c(c2)CCC3)C1. The molecule has 3 aliphatic rings. The number of carbonyl (C=O) groups is 1. The number of nitrogens with one attached hydrogen (secondary N) is 1. The van der Waals surface area contributed by atoms with Crippen molar-refractivity contribution in [2.45, 2.75) is 43.0 Å². The van der Waals surface area contributed by atoms with Gasteiger partial charge in [0, 0.05) is 32.2 Å². The summed E-state index contributed by atoms with van der Waals surface area (Å²) in [7, 11) is -3.49. The average molecular weight is 363 g/mol. The number of piperazine rings is 1. The Balaban J connectivity index is 1.54. The first-order valence-electron chi connectivity index (χ1n) is 9.18. The number of nitrogens with zero attached hydrogens (tertiary/aromatic N) is 2. The Hall–Kier alpha value is -1.44. The number of rotatable bonds is 3. The molecule has 1 amide bonds. The van der Waals surface area contributed by atoms with E-state index >= 15 is 0 Å². The summed E-state index contributed by atoms with van der Waals surface area (Å²) in [6.45, 7) is 2.74. The van der Waals surface area contributed by atoms with Gasteiger partial charge >= 0.3 is 0 Å². The predicted octanol–water partition coefficient (Wildman–Crippen LogP) is 0.760. The molecule has 25 heavy (non-hydrogen) atoms. The Morgan fingerprint density at radius 1 is 1.08 bits per heavy atom. The number of carbonyl (C=O) groups excluding carboxylic acids is 1. The van der Waals surface area contributed by atoms with Crippen LogP contribution in [-0.2, 0) is 27.7 Å². The lowest BCUT2D eigenvalue weighted by molar-refractivity contribution is -0.135. The molecule has 0 radical (unpaired) electrons. The monoisotopic (exact) mass is 363 g/mol. The zero-order valence-corrected chi connectivity index (χ0v) is 15.2. The zero-order chi connectivity index (χ0) is 17.4. The fraction of sp³-hybridized carbons (Fsp3) is 0.611. The molecule has 1 aromatic carbocycles. The van der Waals surface area contributed by atoms with Crippen LogP contribution in [0.2, 0.25) is 0 Å². The summed E-state index contributed by atoms with van der Waals surface area (Å²) in [4.78, 5) is 14.4. The highest BCUT2D eigenvalue weighted by atomic mass is 32.2. The second-order valence-corrected chi connectivity index (χ2v) is 9.15. The zero-order valence-electron chi connectivity index (χ0n) is 14.4. The maximum absolute atomic E-state index is 13.1. The summed E-state index contributed by atoms with van der Waals surface area (Å²) in [5, 5.41) is 3.07. The molecule has 2 fully saturated rings. The summed E-state index contributed by atoms with van der Waals surface area (Å²) in [5.41, 5.74) is 2.45. The van der Waals surface area contributed by atoms with E-state index in [0.717, 1.165) is 38.6 Å². The Kier molecular flexibility index (Phi) is 4.56. The molecule has 6 nitrogen and oxygen atoms in total. The van der Waals surface area contributed by atoms with Gasteiger partial charge < -0.3 is 10.2 Å². The highest BCUT2D eigenvalue weighted by Crippen LogP contribution is 2.28. The van der Waals surface area contributed by atoms with Crippen molar-refractivity contribution in [2.24, 2.45) is 0 Å². The lowest BCUT2D eigenvalue weighted by atomic mass is 10.1. The predicted molar refractivity (Wildman–Crippen MR) is 94.8 cm³/mol. The van der Waals surface area contributed by atoms with Gasteiger partial charge in [0.25, 0.3) is 0 Å². The van der Waals surface area contributed by atoms with Gasteiger partial charge in [-0.1, -0.05) is 6.07 Å². The highest BCUT2D eigenvalue weighted by Gasteiger charge is 2.35. The van der Waals surface area contributed by atoms with E-state index < -0.39 is 10.0 Å². The molecule has 1 unspecified atom stereocenters. The average Bonchev–Trinajstić information content (AvgIpc) is 3.10. The van der Waals surface area contributed by atoms with Crippen molar-refractivity contribution in [1.82, 2.24) is 14.5 Å². The number of hydrogen-bond donors (Lipinski definition) is 1. The number of piperidine rings is 1. The van der Waals surface area contributed by atoms with E-state index in [-0.39, 0.29) is 11.9 Å². The third-order valence-electron chi connectivity index (χ3n) is 5.63. The molecule has 136 valence electrons. The second-order valence-electron chi connectivity index (χ2n) is 7.21. The summed E-state index contributed by atoms with van der Waals surface area (Å²) >= 11 is 0. The van der Waals surface area contributed by atoms with Crippen LogP contribution in [0.4, 0.5) is 0 Å². The fourth-order valence-electron chi connectivity index (χ4n) is 4.26. The summed E-state index contributed by atoms with van der Waals surface area (Å²) in [6.07, 6.45) is 4.80. The molecule has 0 saturated carbocycles. The van der Waals surface area contributed by atoms with Crippen LogP contribution in [0.25, 0.3) is 0 Å². The molecule has 0 bridgehead atoms. The third-order valence-corrected chi connectivity index (χ3v) is 7.49. The maximum atomic E-state index is 13.1. The van der Waals surface area contributed by atoms with Crippen LogP contribution in [0.3, 0.4) is 0 Å². The normalized spacial score (nSPS) is 25.2. The van der Waals surface area contributed by atoms with Crippen molar-refractivity contribution in [1.29, 1.82) is 0 Å². The van der Waals surface area contributed by atoms with Gasteiger partial charge in [0.15, 0.2) is 0 Å². The molecular formula is C18H25N3O3S. The molecule has 1 aromatic rings. The van der Waals surface area contributed by atoms with Gasteiger partial charge in [-0.05, 0) is 55.4 Å². The van der Waals surface area contributed by atoms with Gasteiger partial charge in [0.05, 0.1) is 11.4 Å². The standard InChI is InChI=1S/C18H25N3O3S/c22-18-12-19-8-10-21(18)16-5-2-9-20(13-16)25(23,24)17-7-6-14-3-1-4-15(14)11-17/h6-7,11,16,19H,1-5,8-10,12-13H2. The van der Waals surface area contributed by atoms with E-state index in [2.05, 4.69) is 5.32 Å². The van der Waals surface area contributed by atoms with Gasteiger partial charge in [-0.15, -0.1) is 0 Å². The van der Waals surface area contributed by atoms with Crippen molar-refractivity contribution >= 4 is 15.9 Å². The van der Waals surface area contributed by atoms with Gasteiger partial charge in [0.2, 0.25) is 15.9 Å². The van der Waals surface area contributed by atoms with Crippen molar-refractivity contribution in [3.05, 3.63) is 29.3 Å². The van der Waals surface area contributed by atoms with E-state index in [1.807, 2.05) is 17.0 Å². The quantitative estimate of drug-likeness (QED) is 0.861. The minimum Gasteiger partial charge on any atom is -0.336 e. The largest absolute Gasteiger partial charge is 0.336 e. The van der Waals surface area contributed by atoms with E-state index in [1.54, 1.807) is 10.4 Å². The minimum absolute atomic E-state index is 0.00690. The molecule has 0 aromatic heterocycles. The van der Waals surface area contributed by atoms with Gasteiger partial charge in [0.1, 0.15) is 0 Å². The van der Waals surface area contributed by atoms with E-state index in [1.165, 1.54) is 11.1 Å². The Morgan fingerprint density at radius 3 is 2.76 bits per heavy atom. The number of sulfonamides is 1. The molecular weight excluding hydrogens is 338 g/mol. The van der Waals surface area contributed by atoms with Crippen LogP contribution in [0, 0.1) is 0 Å². The Morgan fingerprint density at radius 2 is 1.92 bits per heavy atom. The molecule has 2 aliphatic heterocycles. The topological polar surface area (TPSA) is 69.7 Å². The number of benzene rings is 1. The fourth-order valence-corrected chi connectivity index (χ4v) is 5.83. The van der Waals surface area contributed by atoms with Gasteiger partial charge in [-0.25, -0.2) is 8.42 Å². The summed E-state index contributed by atoms with van der Waals surface area (Å²) in [6, 6.07) is 5.57. The lowest BCUT2D eigenvalue weighted by Gasteiger charge is -2.40.